The van der Waals surface area contributed by atoms with Crippen molar-refractivity contribution < 1.29 is 14.3 Å². The summed E-state index contributed by atoms with van der Waals surface area (Å²) in [6.07, 6.45) is 26.5. The lowest BCUT2D eigenvalue weighted by molar-refractivity contribution is -0.146. The van der Waals surface area contributed by atoms with Crippen molar-refractivity contribution in [3.8, 4) is 0 Å². The topological polar surface area (TPSA) is 49.9 Å². The van der Waals surface area contributed by atoms with E-state index in [9.17, 15) is 9.59 Å². The van der Waals surface area contributed by atoms with E-state index < -0.39 is 5.92 Å². The van der Waals surface area contributed by atoms with Crippen LogP contribution in [0.5, 0.6) is 0 Å². The molecule has 39 heavy (non-hydrogen) atoms. The number of nitrogens with zero attached hydrogens (tertiary/aromatic N) is 2. The highest BCUT2D eigenvalue weighted by Crippen LogP contribution is 2.15. The van der Waals surface area contributed by atoms with Crippen LogP contribution >= 0.6 is 0 Å². The average Bonchev–Trinajstić information content (AvgIpc) is 2.94. The highest BCUT2D eigenvalue weighted by molar-refractivity contribution is 6.00. The van der Waals surface area contributed by atoms with E-state index in [2.05, 4.69) is 20.8 Å². The predicted octanol–water partition coefficient (Wildman–Crippen LogP) is 9.18. The number of carbonyl (C=O) groups is 2. The Morgan fingerprint density at radius 1 is 0.487 bits per heavy atom. The van der Waals surface area contributed by atoms with Gasteiger partial charge in [-0.25, -0.2) is 0 Å². The Bertz CT molecular complexity index is 521. The number of rotatable bonds is 29. The average molecular weight is 553 g/mol. The van der Waals surface area contributed by atoms with Gasteiger partial charge in [-0.15, -0.1) is 0 Å². The molecule has 0 aromatic heterocycles. The Kier molecular flexibility index (Phi) is 27.6. The summed E-state index contributed by atoms with van der Waals surface area (Å²) < 4.78 is 5.91. The van der Waals surface area contributed by atoms with Crippen molar-refractivity contribution in [2.45, 2.75) is 162 Å². The summed E-state index contributed by atoms with van der Waals surface area (Å²) in [4.78, 5) is 30.3. The first-order valence-corrected chi connectivity index (χ1v) is 17.1. The molecule has 0 atom stereocenters. The third kappa shape index (κ3) is 22.3. The van der Waals surface area contributed by atoms with Gasteiger partial charge in [-0.3, -0.25) is 9.59 Å². The Morgan fingerprint density at radius 3 is 1.21 bits per heavy atom. The van der Waals surface area contributed by atoms with Crippen LogP contribution in [0, 0.1) is 5.92 Å². The van der Waals surface area contributed by atoms with Gasteiger partial charge in [0.1, 0.15) is 5.92 Å². The summed E-state index contributed by atoms with van der Waals surface area (Å²) in [6, 6.07) is 0. The summed E-state index contributed by atoms with van der Waals surface area (Å²) in [6.45, 7) is 9.39. The first-order chi connectivity index (χ1) is 19.0. The van der Waals surface area contributed by atoms with Crippen LogP contribution in [0.1, 0.15) is 162 Å². The lowest BCUT2D eigenvalue weighted by atomic mass is 10.0. The minimum Gasteiger partial charge on any atom is -0.381 e. The quantitative estimate of drug-likeness (QED) is 0.0686. The molecule has 0 aromatic rings. The standard InChI is InChI=1S/C34H68N2O3/c1-6-9-12-15-18-19-20-23-26-30-39-31-27-32(33(37)35(4)28-24-21-16-13-10-7-2)34(38)36(5)29-25-22-17-14-11-8-3/h32H,6-31H2,1-5H3. The molecule has 0 aliphatic carbocycles. The zero-order valence-corrected chi connectivity index (χ0v) is 27.1. The molecule has 0 aromatic carbocycles. The first-order valence-electron chi connectivity index (χ1n) is 17.1. The van der Waals surface area contributed by atoms with Gasteiger partial charge < -0.3 is 14.5 Å². The summed E-state index contributed by atoms with van der Waals surface area (Å²) >= 11 is 0. The molecule has 5 heteroatoms. The van der Waals surface area contributed by atoms with Gasteiger partial charge in [-0.2, -0.15) is 0 Å². The van der Waals surface area contributed by atoms with E-state index in [4.69, 9.17) is 4.74 Å². The lowest BCUT2D eigenvalue weighted by Gasteiger charge is -2.27. The van der Waals surface area contributed by atoms with Crippen LogP contribution in [0.4, 0.5) is 0 Å². The molecular formula is C34H68N2O3. The van der Waals surface area contributed by atoms with E-state index in [1.165, 1.54) is 103 Å². The maximum atomic E-state index is 13.4. The van der Waals surface area contributed by atoms with Crippen molar-refractivity contribution in [3.63, 3.8) is 0 Å². The maximum absolute atomic E-state index is 13.4. The van der Waals surface area contributed by atoms with Gasteiger partial charge in [0.15, 0.2) is 0 Å². The summed E-state index contributed by atoms with van der Waals surface area (Å²) in [7, 11) is 3.73. The van der Waals surface area contributed by atoms with Crippen molar-refractivity contribution >= 4 is 11.8 Å². The van der Waals surface area contributed by atoms with Crippen molar-refractivity contribution in [1.29, 1.82) is 0 Å². The normalized spacial score (nSPS) is 11.3. The van der Waals surface area contributed by atoms with E-state index in [1.807, 2.05) is 14.1 Å². The maximum Gasteiger partial charge on any atom is 0.234 e. The van der Waals surface area contributed by atoms with Crippen LogP contribution in [0.25, 0.3) is 0 Å². The van der Waals surface area contributed by atoms with E-state index in [1.54, 1.807) is 9.80 Å². The number of hydrogen-bond acceptors (Lipinski definition) is 3. The summed E-state index contributed by atoms with van der Waals surface area (Å²) in [5.74, 6) is -0.687. The molecule has 5 nitrogen and oxygen atoms in total. The molecular weight excluding hydrogens is 484 g/mol. The Hall–Kier alpha value is -1.10. The Balaban J connectivity index is 4.52. The predicted molar refractivity (Wildman–Crippen MR) is 168 cm³/mol. The van der Waals surface area contributed by atoms with Gasteiger partial charge in [0.05, 0.1) is 0 Å². The molecule has 0 fully saturated rings. The Morgan fingerprint density at radius 2 is 0.821 bits per heavy atom. The smallest absolute Gasteiger partial charge is 0.234 e. The third-order valence-electron chi connectivity index (χ3n) is 7.99. The van der Waals surface area contributed by atoms with Gasteiger partial charge in [-0.05, 0) is 25.7 Å². The molecule has 0 N–H and O–H groups in total. The number of unbranched alkanes of at least 4 members (excludes halogenated alkanes) is 18. The number of ether oxygens (including phenoxy) is 1. The van der Waals surface area contributed by atoms with Crippen molar-refractivity contribution in [2.24, 2.45) is 5.92 Å². The Labute approximate surface area is 244 Å². The number of hydrogen-bond donors (Lipinski definition) is 0. The monoisotopic (exact) mass is 553 g/mol. The fraction of sp³-hybridized carbons (Fsp3) is 0.941. The third-order valence-corrected chi connectivity index (χ3v) is 7.99. The van der Waals surface area contributed by atoms with Crippen LogP contribution in [-0.2, 0) is 14.3 Å². The highest BCUT2D eigenvalue weighted by Gasteiger charge is 2.31. The second kappa shape index (κ2) is 28.4. The van der Waals surface area contributed by atoms with E-state index in [-0.39, 0.29) is 11.8 Å². The van der Waals surface area contributed by atoms with E-state index in [0.717, 1.165) is 51.8 Å². The zero-order valence-electron chi connectivity index (χ0n) is 27.1. The van der Waals surface area contributed by atoms with Gasteiger partial charge >= 0.3 is 0 Å². The van der Waals surface area contributed by atoms with Crippen LogP contribution in [0.15, 0.2) is 0 Å². The summed E-state index contributed by atoms with van der Waals surface area (Å²) in [5.41, 5.74) is 0. The fourth-order valence-electron chi connectivity index (χ4n) is 5.18. The minimum atomic E-state index is -0.622. The first kappa shape index (κ1) is 37.9. The molecule has 2 amide bonds. The van der Waals surface area contributed by atoms with Crippen LogP contribution in [0.2, 0.25) is 0 Å². The molecule has 0 saturated heterocycles. The highest BCUT2D eigenvalue weighted by atomic mass is 16.5. The molecule has 0 saturated carbocycles. The molecule has 232 valence electrons. The van der Waals surface area contributed by atoms with Gasteiger partial charge in [0.2, 0.25) is 11.8 Å². The van der Waals surface area contributed by atoms with Crippen LogP contribution < -0.4 is 0 Å². The number of carbonyl (C=O) groups excluding carboxylic acids is 2. The van der Waals surface area contributed by atoms with Crippen molar-refractivity contribution in [1.82, 2.24) is 9.80 Å². The molecule has 0 rings (SSSR count). The molecule has 0 bridgehead atoms. The molecule has 0 radical (unpaired) electrons. The van der Waals surface area contributed by atoms with Crippen LogP contribution in [0.3, 0.4) is 0 Å². The lowest BCUT2D eigenvalue weighted by Crippen LogP contribution is -2.44. The van der Waals surface area contributed by atoms with Gasteiger partial charge in [-0.1, -0.05) is 136 Å². The molecule has 0 unspecified atom stereocenters. The van der Waals surface area contributed by atoms with Crippen LogP contribution in [-0.4, -0.2) is 62.0 Å². The molecule has 0 spiro atoms. The SMILES string of the molecule is CCCCCCCCCCCOCCC(C(=O)N(C)CCCCCCCC)C(=O)N(C)CCCCCCCC. The number of amides is 2. The van der Waals surface area contributed by atoms with Crippen molar-refractivity contribution in [2.75, 3.05) is 40.4 Å². The molecule has 0 aliphatic rings. The second-order valence-corrected chi connectivity index (χ2v) is 11.8. The molecule has 0 heterocycles. The second-order valence-electron chi connectivity index (χ2n) is 11.8. The van der Waals surface area contributed by atoms with Crippen molar-refractivity contribution in [3.05, 3.63) is 0 Å². The fourth-order valence-corrected chi connectivity index (χ4v) is 5.18. The molecule has 0 aliphatic heterocycles. The van der Waals surface area contributed by atoms with Gasteiger partial charge in [0.25, 0.3) is 0 Å². The largest absolute Gasteiger partial charge is 0.381 e. The summed E-state index contributed by atoms with van der Waals surface area (Å²) in [5, 5.41) is 0. The van der Waals surface area contributed by atoms with E-state index in [0.29, 0.717) is 13.0 Å². The van der Waals surface area contributed by atoms with Gasteiger partial charge in [0, 0.05) is 40.4 Å². The van der Waals surface area contributed by atoms with E-state index >= 15 is 0 Å². The zero-order chi connectivity index (χ0) is 29.0. The minimum absolute atomic E-state index is 0.0324.